The normalized spacial score (nSPS) is 16.3. The first-order valence-electron chi connectivity index (χ1n) is 12.5. The summed E-state index contributed by atoms with van der Waals surface area (Å²) in [5, 5.41) is 6.47. The average Bonchev–Trinajstić information content (AvgIpc) is 3.62. The Kier molecular flexibility index (Phi) is 6.00. The van der Waals surface area contributed by atoms with Crippen molar-refractivity contribution in [1.29, 1.82) is 0 Å². The molecule has 1 aliphatic carbocycles. The van der Waals surface area contributed by atoms with Crippen LogP contribution in [0.4, 0.5) is 4.39 Å². The zero-order chi connectivity index (χ0) is 26.2. The van der Waals surface area contributed by atoms with Gasteiger partial charge in [0.1, 0.15) is 17.2 Å². The Hall–Kier alpha value is -4.71. The third-order valence-electron chi connectivity index (χ3n) is 7.04. The maximum atomic E-state index is 13.5. The monoisotopic (exact) mass is 504 g/mol. The Morgan fingerprint density at radius 2 is 1.55 bits per heavy atom. The molecule has 0 bridgehead atoms. The minimum atomic E-state index is -0.366. The lowest BCUT2D eigenvalue weighted by Crippen LogP contribution is -2.26. The van der Waals surface area contributed by atoms with Crippen molar-refractivity contribution in [1.82, 2.24) is 10.6 Å². The van der Waals surface area contributed by atoms with Gasteiger partial charge in [0, 0.05) is 35.5 Å². The highest BCUT2D eigenvalue weighted by atomic mass is 19.1. The molecule has 0 spiro atoms. The van der Waals surface area contributed by atoms with Crippen molar-refractivity contribution in [3.05, 3.63) is 120 Å². The van der Waals surface area contributed by atoms with Gasteiger partial charge in [-0.15, -0.1) is 0 Å². The number of carbonyl (C=O) groups excluding carboxylic acids is 2. The van der Waals surface area contributed by atoms with Crippen LogP contribution >= 0.6 is 0 Å². The van der Waals surface area contributed by atoms with Crippen LogP contribution in [0.1, 0.15) is 38.6 Å². The molecule has 1 aliphatic rings. The molecule has 2 unspecified atom stereocenters. The topological polar surface area (TPSA) is 71.3 Å². The predicted octanol–water partition coefficient (Wildman–Crippen LogP) is 6.55. The fourth-order valence-electron chi connectivity index (χ4n) is 4.95. The summed E-state index contributed by atoms with van der Waals surface area (Å²) in [4.78, 5) is 25.9. The molecule has 6 heteroatoms. The summed E-state index contributed by atoms with van der Waals surface area (Å²) in [5.41, 5.74) is 5.04. The van der Waals surface area contributed by atoms with Gasteiger partial charge in [0.25, 0.3) is 11.8 Å². The Labute approximate surface area is 219 Å². The summed E-state index contributed by atoms with van der Waals surface area (Å²) in [6.45, 7) is 0. The second kappa shape index (κ2) is 9.63. The SMILES string of the molecule is CNC(=O)c1c(-c2ccc(F)cc2)oc2ccc(-c3cccc(C(=O)NC4CC4c4ccccc4)c3)cc12. The first-order chi connectivity index (χ1) is 18.5. The van der Waals surface area contributed by atoms with Gasteiger partial charge in [0.2, 0.25) is 0 Å². The molecule has 1 aromatic heterocycles. The smallest absolute Gasteiger partial charge is 0.255 e. The molecule has 0 aliphatic heterocycles. The predicted molar refractivity (Wildman–Crippen MR) is 145 cm³/mol. The van der Waals surface area contributed by atoms with Gasteiger partial charge in [-0.3, -0.25) is 9.59 Å². The number of benzene rings is 4. The van der Waals surface area contributed by atoms with E-state index in [1.165, 1.54) is 17.7 Å². The molecule has 1 saturated carbocycles. The molecule has 2 amide bonds. The molecule has 0 saturated heterocycles. The van der Waals surface area contributed by atoms with E-state index >= 15 is 0 Å². The van der Waals surface area contributed by atoms with E-state index < -0.39 is 0 Å². The van der Waals surface area contributed by atoms with E-state index in [0.717, 1.165) is 17.5 Å². The molecule has 0 radical (unpaired) electrons. The Morgan fingerprint density at radius 3 is 2.32 bits per heavy atom. The molecule has 5 aromatic rings. The van der Waals surface area contributed by atoms with Crippen LogP contribution in [0.5, 0.6) is 0 Å². The van der Waals surface area contributed by atoms with Crippen LogP contribution in [0.25, 0.3) is 33.4 Å². The highest BCUT2D eigenvalue weighted by Gasteiger charge is 2.39. The summed E-state index contributed by atoms with van der Waals surface area (Å²) in [7, 11) is 1.56. The minimum absolute atomic E-state index is 0.107. The van der Waals surface area contributed by atoms with Crippen LogP contribution in [0.3, 0.4) is 0 Å². The lowest BCUT2D eigenvalue weighted by molar-refractivity contribution is 0.0946. The third-order valence-corrected chi connectivity index (χ3v) is 7.04. The molecule has 2 N–H and O–H groups in total. The van der Waals surface area contributed by atoms with Crippen molar-refractivity contribution >= 4 is 22.8 Å². The number of halogens is 1. The van der Waals surface area contributed by atoms with E-state index in [9.17, 15) is 14.0 Å². The molecule has 38 heavy (non-hydrogen) atoms. The summed E-state index contributed by atoms with van der Waals surface area (Å²) in [5.74, 6) is -0.0443. The van der Waals surface area contributed by atoms with E-state index in [0.29, 0.717) is 39.3 Å². The molecule has 4 aromatic carbocycles. The Morgan fingerprint density at radius 1 is 0.816 bits per heavy atom. The van der Waals surface area contributed by atoms with Crippen molar-refractivity contribution < 1.29 is 18.4 Å². The van der Waals surface area contributed by atoms with Gasteiger partial charge < -0.3 is 15.1 Å². The number of hydrogen-bond acceptors (Lipinski definition) is 3. The standard InChI is InChI=1S/C32H25FN2O3/c1-34-32(37)29-26-17-22(12-15-28(26)38-30(29)20-10-13-24(33)14-11-20)21-8-5-9-23(16-21)31(36)35-27-18-25(27)19-6-3-2-4-7-19/h2-17,25,27H,18H2,1H3,(H,34,37)(H,35,36). The summed E-state index contributed by atoms with van der Waals surface area (Å²) < 4.78 is 19.5. The number of nitrogens with one attached hydrogen (secondary N) is 2. The average molecular weight is 505 g/mol. The van der Waals surface area contributed by atoms with Gasteiger partial charge in [-0.25, -0.2) is 4.39 Å². The van der Waals surface area contributed by atoms with Crippen LogP contribution in [0.15, 0.2) is 101 Å². The van der Waals surface area contributed by atoms with Crippen molar-refractivity contribution in [2.24, 2.45) is 0 Å². The maximum absolute atomic E-state index is 13.5. The van der Waals surface area contributed by atoms with Gasteiger partial charge in [0.15, 0.2) is 0 Å². The van der Waals surface area contributed by atoms with E-state index in [-0.39, 0.29) is 23.7 Å². The summed E-state index contributed by atoms with van der Waals surface area (Å²) in [6, 6.07) is 29.3. The summed E-state index contributed by atoms with van der Waals surface area (Å²) in [6.07, 6.45) is 0.936. The zero-order valence-corrected chi connectivity index (χ0v) is 20.7. The largest absolute Gasteiger partial charge is 0.455 e. The maximum Gasteiger partial charge on any atom is 0.255 e. The first kappa shape index (κ1) is 23.7. The van der Waals surface area contributed by atoms with Crippen molar-refractivity contribution in [2.75, 3.05) is 7.05 Å². The van der Waals surface area contributed by atoms with Crippen molar-refractivity contribution in [3.63, 3.8) is 0 Å². The Bertz CT molecular complexity index is 1660. The fourth-order valence-corrected chi connectivity index (χ4v) is 4.95. The first-order valence-corrected chi connectivity index (χ1v) is 12.5. The number of hydrogen-bond donors (Lipinski definition) is 2. The number of amides is 2. The third kappa shape index (κ3) is 4.45. The molecule has 2 atom stereocenters. The molecular formula is C32H25FN2O3. The quantitative estimate of drug-likeness (QED) is 0.275. The molecule has 1 fully saturated rings. The van der Waals surface area contributed by atoms with Gasteiger partial charge in [-0.05, 0) is 71.6 Å². The summed E-state index contributed by atoms with van der Waals surface area (Å²) >= 11 is 0. The molecule has 188 valence electrons. The van der Waals surface area contributed by atoms with Crippen LogP contribution in [0.2, 0.25) is 0 Å². The molecule has 1 heterocycles. The molecular weight excluding hydrogens is 479 g/mol. The lowest BCUT2D eigenvalue weighted by Gasteiger charge is -2.08. The minimum Gasteiger partial charge on any atom is -0.455 e. The van der Waals surface area contributed by atoms with Crippen LogP contribution in [-0.2, 0) is 0 Å². The van der Waals surface area contributed by atoms with Crippen molar-refractivity contribution in [3.8, 4) is 22.5 Å². The van der Waals surface area contributed by atoms with Crippen LogP contribution in [-0.4, -0.2) is 24.9 Å². The van der Waals surface area contributed by atoms with E-state index in [1.54, 1.807) is 25.2 Å². The number of furan rings is 1. The molecule has 5 nitrogen and oxygen atoms in total. The second-order valence-corrected chi connectivity index (χ2v) is 9.52. The van der Waals surface area contributed by atoms with Gasteiger partial charge in [-0.2, -0.15) is 0 Å². The fraction of sp³-hybridized carbons (Fsp3) is 0.125. The van der Waals surface area contributed by atoms with Gasteiger partial charge >= 0.3 is 0 Å². The number of fused-ring (bicyclic) bond motifs is 1. The van der Waals surface area contributed by atoms with Gasteiger partial charge in [0.05, 0.1) is 5.56 Å². The highest BCUT2D eigenvalue weighted by Crippen LogP contribution is 2.41. The van der Waals surface area contributed by atoms with Crippen LogP contribution in [0, 0.1) is 5.82 Å². The number of rotatable bonds is 6. The lowest BCUT2D eigenvalue weighted by atomic mass is 9.99. The van der Waals surface area contributed by atoms with E-state index in [1.807, 2.05) is 54.6 Å². The van der Waals surface area contributed by atoms with Crippen molar-refractivity contribution in [2.45, 2.75) is 18.4 Å². The van der Waals surface area contributed by atoms with E-state index in [2.05, 4.69) is 22.8 Å². The van der Waals surface area contributed by atoms with E-state index in [4.69, 9.17) is 4.42 Å². The molecule has 6 rings (SSSR count). The van der Waals surface area contributed by atoms with Crippen LogP contribution < -0.4 is 10.6 Å². The second-order valence-electron chi connectivity index (χ2n) is 9.52. The zero-order valence-electron chi connectivity index (χ0n) is 20.7. The Balaban J connectivity index is 1.30. The van der Waals surface area contributed by atoms with Gasteiger partial charge in [-0.1, -0.05) is 48.5 Å². The highest BCUT2D eigenvalue weighted by molar-refractivity contribution is 6.11. The number of carbonyl (C=O) groups is 2.